The second kappa shape index (κ2) is 6.65. The van der Waals surface area contributed by atoms with Gasteiger partial charge < -0.3 is 15.2 Å². The maximum absolute atomic E-state index is 12.5. The van der Waals surface area contributed by atoms with Crippen molar-refractivity contribution in [1.29, 1.82) is 0 Å². The Balaban J connectivity index is 1.72. The number of methoxy groups -OCH3 is 1. The molecule has 2 aromatic rings. The smallest absolute Gasteiger partial charge is 0.345 e. The number of benzene rings is 1. The third kappa shape index (κ3) is 3.28. The molecular weight excluding hydrogens is 326 g/mol. The van der Waals surface area contributed by atoms with Crippen LogP contribution in [0.25, 0.3) is 0 Å². The van der Waals surface area contributed by atoms with Gasteiger partial charge in [-0.25, -0.2) is 4.79 Å². The van der Waals surface area contributed by atoms with Gasteiger partial charge in [0.05, 0.1) is 12.7 Å². The Labute approximate surface area is 144 Å². The maximum atomic E-state index is 12.5. The van der Waals surface area contributed by atoms with E-state index in [9.17, 15) is 9.59 Å². The van der Waals surface area contributed by atoms with Gasteiger partial charge in [0.25, 0.3) is 5.91 Å². The highest BCUT2D eigenvalue weighted by Gasteiger charge is 2.23. The van der Waals surface area contributed by atoms with E-state index in [2.05, 4.69) is 11.4 Å². The Morgan fingerprint density at radius 2 is 2.08 bits per heavy atom. The minimum atomic E-state index is -0.999. The standard InChI is InChI=1S/C18H19NO4S/c1-10-15(9-16(24-10)18(21)22)17(20)19-13-5-3-11-4-6-14(23-2)8-12(11)7-13/h4,6,8-9,13H,3,5,7H2,1-2H3,(H,19,20)(H,21,22). The number of thiophene rings is 1. The number of carbonyl (C=O) groups is 2. The van der Waals surface area contributed by atoms with Crippen LogP contribution in [0, 0.1) is 6.92 Å². The van der Waals surface area contributed by atoms with E-state index in [1.54, 1.807) is 14.0 Å². The van der Waals surface area contributed by atoms with Crippen LogP contribution < -0.4 is 10.1 Å². The summed E-state index contributed by atoms with van der Waals surface area (Å²) in [5, 5.41) is 12.1. The third-order valence-corrected chi connectivity index (χ3v) is 5.39. The lowest BCUT2D eigenvalue weighted by atomic mass is 9.88. The molecule has 1 aromatic carbocycles. The van der Waals surface area contributed by atoms with E-state index in [0.29, 0.717) is 5.56 Å². The van der Waals surface area contributed by atoms with Crippen LogP contribution in [0.3, 0.4) is 0 Å². The van der Waals surface area contributed by atoms with E-state index in [1.807, 2.05) is 12.1 Å². The second-order valence-corrected chi connectivity index (χ2v) is 7.19. The lowest BCUT2D eigenvalue weighted by Crippen LogP contribution is -2.38. The molecule has 126 valence electrons. The number of nitrogens with one attached hydrogen (secondary N) is 1. The lowest BCUT2D eigenvalue weighted by molar-refractivity contribution is 0.0702. The Morgan fingerprint density at radius 3 is 2.75 bits per heavy atom. The summed E-state index contributed by atoms with van der Waals surface area (Å²) in [4.78, 5) is 24.4. The first-order valence-corrected chi connectivity index (χ1v) is 8.60. The average Bonchev–Trinajstić information content (AvgIpc) is 2.96. The van der Waals surface area contributed by atoms with Gasteiger partial charge in [-0.3, -0.25) is 4.79 Å². The topological polar surface area (TPSA) is 75.6 Å². The van der Waals surface area contributed by atoms with Crippen molar-refractivity contribution in [2.45, 2.75) is 32.2 Å². The number of aryl methyl sites for hydroxylation is 2. The van der Waals surface area contributed by atoms with Crippen molar-refractivity contribution in [2.75, 3.05) is 7.11 Å². The Bertz CT molecular complexity index is 796. The molecule has 0 spiro atoms. The summed E-state index contributed by atoms with van der Waals surface area (Å²) in [5.74, 6) is -0.381. The van der Waals surface area contributed by atoms with E-state index in [0.717, 1.165) is 41.2 Å². The minimum Gasteiger partial charge on any atom is -0.497 e. The van der Waals surface area contributed by atoms with Gasteiger partial charge >= 0.3 is 5.97 Å². The first kappa shape index (κ1) is 16.5. The molecule has 2 N–H and O–H groups in total. The fourth-order valence-corrected chi connectivity index (χ4v) is 3.92. The molecule has 1 amide bonds. The van der Waals surface area contributed by atoms with Gasteiger partial charge in [0.2, 0.25) is 0 Å². The fraction of sp³-hybridized carbons (Fsp3) is 0.333. The number of amides is 1. The number of hydrogen-bond donors (Lipinski definition) is 2. The number of aromatic carboxylic acids is 1. The molecular formula is C18H19NO4S. The highest BCUT2D eigenvalue weighted by Crippen LogP contribution is 2.26. The largest absolute Gasteiger partial charge is 0.497 e. The quantitative estimate of drug-likeness (QED) is 0.893. The van der Waals surface area contributed by atoms with E-state index >= 15 is 0 Å². The van der Waals surface area contributed by atoms with Crippen LogP contribution in [-0.2, 0) is 12.8 Å². The number of carboxylic acid groups (broad SMARTS) is 1. The van der Waals surface area contributed by atoms with Crippen molar-refractivity contribution in [3.8, 4) is 5.75 Å². The van der Waals surface area contributed by atoms with Crippen molar-refractivity contribution in [3.63, 3.8) is 0 Å². The highest BCUT2D eigenvalue weighted by atomic mass is 32.1. The van der Waals surface area contributed by atoms with E-state index in [4.69, 9.17) is 9.84 Å². The number of carboxylic acids is 1. The van der Waals surface area contributed by atoms with Gasteiger partial charge in [0, 0.05) is 10.9 Å². The summed E-state index contributed by atoms with van der Waals surface area (Å²) >= 11 is 1.13. The zero-order valence-corrected chi connectivity index (χ0v) is 14.4. The molecule has 1 heterocycles. The normalized spacial score (nSPS) is 16.3. The highest BCUT2D eigenvalue weighted by molar-refractivity contribution is 7.14. The molecule has 1 atom stereocenters. The molecule has 5 nitrogen and oxygen atoms in total. The minimum absolute atomic E-state index is 0.0460. The van der Waals surface area contributed by atoms with Gasteiger partial charge in [0.1, 0.15) is 10.6 Å². The van der Waals surface area contributed by atoms with Crippen LogP contribution in [0.15, 0.2) is 24.3 Å². The van der Waals surface area contributed by atoms with E-state index in [-0.39, 0.29) is 16.8 Å². The van der Waals surface area contributed by atoms with Crippen molar-refractivity contribution in [2.24, 2.45) is 0 Å². The van der Waals surface area contributed by atoms with Crippen LogP contribution in [0.1, 0.15) is 42.5 Å². The van der Waals surface area contributed by atoms with Crippen LogP contribution in [0.5, 0.6) is 5.75 Å². The van der Waals surface area contributed by atoms with E-state index in [1.165, 1.54) is 17.2 Å². The molecule has 0 saturated heterocycles. The summed E-state index contributed by atoms with van der Waals surface area (Å²) in [7, 11) is 1.64. The summed E-state index contributed by atoms with van der Waals surface area (Å²) < 4.78 is 5.27. The molecule has 24 heavy (non-hydrogen) atoms. The number of fused-ring (bicyclic) bond motifs is 1. The zero-order chi connectivity index (χ0) is 17.3. The maximum Gasteiger partial charge on any atom is 0.345 e. The molecule has 1 aliphatic carbocycles. The Kier molecular flexibility index (Phi) is 4.57. The van der Waals surface area contributed by atoms with Crippen molar-refractivity contribution >= 4 is 23.2 Å². The number of ether oxygens (including phenoxy) is 1. The molecule has 0 aliphatic heterocycles. The molecule has 3 rings (SSSR count). The average molecular weight is 345 g/mol. The molecule has 1 unspecified atom stereocenters. The summed E-state index contributed by atoms with van der Waals surface area (Å²) in [6.45, 7) is 1.77. The van der Waals surface area contributed by atoms with Crippen LogP contribution in [-0.4, -0.2) is 30.1 Å². The first-order valence-electron chi connectivity index (χ1n) is 7.78. The lowest BCUT2D eigenvalue weighted by Gasteiger charge is -2.26. The zero-order valence-electron chi connectivity index (χ0n) is 13.6. The molecule has 6 heteroatoms. The van der Waals surface area contributed by atoms with Gasteiger partial charge in [-0.15, -0.1) is 11.3 Å². The van der Waals surface area contributed by atoms with Gasteiger partial charge in [0.15, 0.2) is 0 Å². The summed E-state index contributed by atoms with van der Waals surface area (Å²) in [5.41, 5.74) is 2.94. The van der Waals surface area contributed by atoms with Gasteiger partial charge in [-0.1, -0.05) is 6.07 Å². The van der Waals surface area contributed by atoms with Crippen molar-refractivity contribution in [1.82, 2.24) is 5.32 Å². The fourth-order valence-electron chi connectivity index (χ4n) is 3.06. The monoisotopic (exact) mass is 345 g/mol. The summed E-state index contributed by atoms with van der Waals surface area (Å²) in [6.07, 6.45) is 2.54. The molecule has 0 saturated carbocycles. The first-order chi connectivity index (χ1) is 11.5. The van der Waals surface area contributed by atoms with Gasteiger partial charge in [-0.2, -0.15) is 0 Å². The predicted octanol–water partition coefficient (Wildman–Crippen LogP) is 3.05. The Morgan fingerprint density at radius 1 is 1.29 bits per heavy atom. The molecule has 1 aliphatic rings. The van der Waals surface area contributed by atoms with E-state index < -0.39 is 5.97 Å². The third-order valence-electron chi connectivity index (χ3n) is 4.35. The van der Waals surface area contributed by atoms with Crippen LogP contribution >= 0.6 is 11.3 Å². The number of rotatable bonds is 4. The second-order valence-electron chi connectivity index (χ2n) is 5.93. The number of carbonyl (C=O) groups excluding carboxylic acids is 1. The van der Waals surface area contributed by atoms with Gasteiger partial charge in [-0.05, 0) is 55.5 Å². The SMILES string of the molecule is COc1ccc2c(c1)CC(NC(=O)c1cc(C(=O)O)sc1C)CC2. The van der Waals surface area contributed by atoms with Crippen molar-refractivity contribution in [3.05, 3.63) is 50.7 Å². The molecule has 1 aromatic heterocycles. The van der Waals surface area contributed by atoms with Crippen molar-refractivity contribution < 1.29 is 19.4 Å². The molecule has 0 radical (unpaired) electrons. The summed E-state index contributed by atoms with van der Waals surface area (Å²) in [6, 6.07) is 7.56. The molecule has 0 bridgehead atoms. The predicted molar refractivity (Wildman–Crippen MR) is 92.3 cm³/mol. The Hall–Kier alpha value is -2.34. The molecule has 0 fully saturated rings. The van der Waals surface area contributed by atoms with Crippen LogP contribution in [0.2, 0.25) is 0 Å². The number of hydrogen-bond acceptors (Lipinski definition) is 4. The van der Waals surface area contributed by atoms with Crippen LogP contribution in [0.4, 0.5) is 0 Å².